The van der Waals surface area contributed by atoms with Crippen molar-refractivity contribution >= 4 is 23.8 Å². The highest BCUT2D eigenvalue weighted by molar-refractivity contribution is 8.00. The maximum absolute atomic E-state index is 12.7. The van der Waals surface area contributed by atoms with E-state index < -0.39 is 12.0 Å². The lowest BCUT2D eigenvalue weighted by Crippen LogP contribution is -2.51. The Kier molecular flexibility index (Phi) is 5.17. The Morgan fingerprint density at radius 2 is 2.29 bits per heavy atom. The standard InChI is InChI=1S/C14H20N2O4S/c1-3-12-16(11(9-21-12)13(17)18)14(19)15(4-2)8-10-6-5-7-20-10/h5-7,11-12H,3-4,8-9H2,1-2H3,(H,17,18). The van der Waals surface area contributed by atoms with E-state index in [0.29, 0.717) is 24.6 Å². The number of aliphatic carboxylic acids is 1. The molecule has 6 nitrogen and oxygen atoms in total. The number of rotatable bonds is 5. The summed E-state index contributed by atoms with van der Waals surface area (Å²) in [4.78, 5) is 27.2. The summed E-state index contributed by atoms with van der Waals surface area (Å²) < 4.78 is 5.27. The van der Waals surface area contributed by atoms with Gasteiger partial charge in [-0.15, -0.1) is 11.8 Å². The van der Waals surface area contributed by atoms with E-state index in [1.54, 1.807) is 23.3 Å². The third kappa shape index (κ3) is 3.34. The Morgan fingerprint density at radius 3 is 2.81 bits per heavy atom. The highest BCUT2D eigenvalue weighted by Crippen LogP contribution is 2.32. The number of amides is 2. The number of hydrogen-bond acceptors (Lipinski definition) is 4. The zero-order valence-electron chi connectivity index (χ0n) is 12.2. The molecule has 2 heterocycles. The first kappa shape index (κ1) is 15.8. The molecule has 0 aromatic carbocycles. The van der Waals surface area contributed by atoms with Gasteiger partial charge in [0.25, 0.3) is 0 Å². The summed E-state index contributed by atoms with van der Waals surface area (Å²) in [5, 5.41) is 9.23. The normalized spacial score (nSPS) is 21.5. The summed E-state index contributed by atoms with van der Waals surface area (Å²) >= 11 is 1.53. The molecular weight excluding hydrogens is 292 g/mol. The van der Waals surface area contributed by atoms with Gasteiger partial charge in [0.2, 0.25) is 0 Å². The molecule has 1 N–H and O–H groups in total. The first-order valence-corrected chi connectivity index (χ1v) is 8.07. The molecule has 2 unspecified atom stereocenters. The Hall–Kier alpha value is -1.63. The van der Waals surface area contributed by atoms with Crippen LogP contribution in [0.1, 0.15) is 26.0 Å². The number of thioether (sulfide) groups is 1. The molecule has 1 aromatic heterocycles. The van der Waals surface area contributed by atoms with Gasteiger partial charge in [-0.05, 0) is 25.5 Å². The molecule has 0 spiro atoms. The Balaban J connectivity index is 2.15. The van der Waals surface area contributed by atoms with Gasteiger partial charge in [-0.2, -0.15) is 0 Å². The second kappa shape index (κ2) is 6.89. The van der Waals surface area contributed by atoms with E-state index in [2.05, 4.69) is 0 Å². The van der Waals surface area contributed by atoms with Crippen LogP contribution in [0.2, 0.25) is 0 Å². The van der Waals surface area contributed by atoms with Gasteiger partial charge >= 0.3 is 12.0 Å². The van der Waals surface area contributed by atoms with E-state index in [-0.39, 0.29) is 11.4 Å². The molecule has 0 aliphatic carbocycles. The van der Waals surface area contributed by atoms with Gasteiger partial charge in [-0.1, -0.05) is 6.92 Å². The predicted molar refractivity (Wildman–Crippen MR) is 80.0 cm³/mol. The minimum Gasteiger partial charge on any atom is -0.480 e. The van der Waals surface area contributed by atoms with Crippen LogP contribution in [0.4, 0.5) is 4.79 Å². The van der Waals surface area contributed by atoms with Crippen molar-refractivity contribution in [2.45, 2.75) is 38.2 Å². The third-order valence-corrected chi connectivity index (χ3v) is 4.98. The van der Waals surface area contributed by atoms with Gasteiger partial charge in [0.1, 0.15) is 11.8 Å². The van der Waals surface area contributed by atoms with Crippen molar-refractivity contribution in [3.05, 3.63) is 24.2 Å². The Labute approximate surface area is 128 Å². The van der Waals surface area contributed by atoms with Crippen LogP contribution in [0.15, 0.2) is 22.8 Å². The number of furan rings is 1. The number of carbonyl (C=O) groups excluding carboxylic acids is 1. The molecule has 1 aliphatic heterocycles. The lowest BCUT2D eigenvalue weighted by Gasteiger charge is -2.32. The smallest absolute Gasteiger partial charge is 0.327 e. The average Bonchev–Trinajstić information content (AvgIpc) is 3.12. The minimum atomic E-state index is -0.944. The van der Waals surface area contributed by atoms with Crippen LogP contribution in [0.25, 0.3) is 0 Å². The van der Waals surface area contributed by atoms with Gasteiger partial charge in [0.05, 0.1) is 18.2 Å². The SMILES string of the molecule is CCC1SCC(C(=O)O)N1C(=O)N(CC)Cc1ccco1. The van der Waals surface area contributed by atoms with Crippen LogP contribution in [0, 0.1) is 0 Å². The number of carbonyl (C=O) groups is 2. The molecule has 0 radical (unpaired) electrons. The molecule has 116 valence electrons. The van der Waals surface area contributed by atoms with Crippen molar-refractivity contribution in [1.82, 2.24) is 9.80 Å². The lowest BCUT2D eigenvalue weighted by atomic mass is 10.2. The maximum atomic E-state index is 12.7. The third-order valence-electron chi connectivity index (χ3n) is 3.53. The van der Waals surface area contributed by atoms with Gasteiger partial charge in [0.15, 0.2) is 0 Å². The van der Waals surface area contributed by atoms with Gasteiger partial charge < -0.3 is 14.4 Å². The fourth-order valence-corrected chi connectivity index (χ4v) is 3.73. The zero-order chi connectivity index (χ0) is 15.4. The number of carboxylic acid groups (broad SMARTS) is 1. The zero-order valence-corrected chi connectivity index (χ0v) is 13.0. The van der Waals surface area contributed by atoms with Gasteiger partial charge in [-0.3, -0.25) is 4.90 Å². The largest absolute Gasteiger partial charge is 0.480 e. The molecule has 1 fully saturated rings. The second-order valence-electron chi connectivity index (χ2n) is 4.83. The number of urea groups is 1. The summed E-state index contributed by atoms with van der Waals surface area (Å²) in [5.41, 5.74) is 0. The van der Waals surface area contributed by atoms with Crippen LogP contribution in [0.3, 0.4) is 0 Å². The van der Waals surface area contributed by atoms with Crippen LogP contribution in [-0.4, -0.2) is 50.6 Å². The quantitative estimate of drug-likeness (QED) is 0.904. The minimum absolute atomic E-state index is 0.0794. The molecule has 0 bridgehead atoms. The van der Waals surface area contributed by atoms with Crippen molar-refractivity contribution in [2.24, 2.45) is 0 Å². The van der Waals surface area contributed by atoms with E-state index in [4.69, 9.17) is 4.42 Å². The summed E-state index contributed by atoms with van der Waals surface area (Å²) in [5.74, 6) is 0.190. The number of hydrogen-bond donors (Lipinski definition) is 1. The van der Waals surface area contributed by atoms with E-state index in [9.17, 15) is 14.7 Å². The van der Waals surface area contributed by atoms with Crippen molar-refractivity contribution in [1.29, 1.82) is 0 Å². The summed E-state index contributed by atoms with van der Waals surface area (Å²) in [7, 11) is 0. The van der Waals surface area contributed by atoms with E-state index >= 15 is 0 Å². The number of carboxylic acids is 1. The average molecular weight is 312 g/mol. The Bertz CT molecular complexity index is 491. The maximum Gasteiger partial charge on any atom is 0.327 e. The molecule has 1 aliphatic rings. The van der Waals surface area contributed by atoms with E-state index in [1.807, 2.05) is 13.8 Å². The van der Waals surface area contributed by atoms with Gasteiger partial charge in [-0.25, -0.2) is 9.59 Å². The van der Waals surface area contributed by atoms with Crippen molar-refractivity contribution in [2.75, 3.05) is 12.3 Å². The van der Waals surface area contributed by atoms with Crippen LogP contribution < -0.4 is 0 Å². The van der Waals surface area contributed by atoms with Crippen molar-refractivity contribution in [3.8, 4) is 0 Å². The highest BCUT2D eigenvalue weighted by Gasteiger charge is 2.42. The van der Waals surface area contributed by atoms with Crippen LogP contribution in [0.5, 0.6) is 0 Å². The van der Waals surface area contributed by atoms with E-state index in [1.165, 1.54) is 16.7 Å². The van der Waals surface area contributed by atoms with Crippen LogP contribution >= 0.6 is 11.8 Å². The van der Waals surface area contributed by atoms with Gasteiger partial charge in [0, 0.05) is 12.3 Å². The molecule has 2 rings (SSSR count). The highest BCUT2D eigenvalue weighted by atomic mass is 32.2. The fraction of sp³-hybridized carbons (Fsp3) is 0.571. The monoisotopic (exact) mass is 312 g/mol. The molecule has 7 heteroatoms. The molecule has 21 heavy (non-hydrogen) atoms. The number of nitrogens with zero attached hydrogens (tertiary/aromatic N) is 2. The van der Waals surface area contributed by atoms with E-state index in [0.717, 1.165) is 6.42 Å². The van der Waals surface area contributed by atoms with Crippen molar-refractivity contribution < 1.29 is 19.1 Å². The molecule has 2 atom stereocenters. The van der Waals surface area contributed by atoms with Crippen molar-refractivity contribution in [3.63, 3.8) is 0 Å². The molecular formula is C14H20N2O4S. The Morgan fingerprint density at radius 1 is 1.52 bits per heavy atom. The lowest BCUT2D eigenvalue weighted by molar-refractivity contribution is -0.141. The molecule has 2 amide bonds. The first-order valence-electron chi connectivity index (χ1n) is 7.02. The van der Waals surface area contributed by atoms with Crippen LogP contribution in [-0.2, 0) is 11.3 Å². The summed E-state index contributed by atoms with van der Waals surface area (Å²) in [6.07, 6.45) is 2.30. The molecule has 1 aromatic rings. The second-order valence-corrected chi connectivity index (χ2v) is 6.04. The topological polar surface area (TPSA) is 74.0 Å². The molecule has 1 saturated heterocycles. The summed E-state index contributed by atoms with van der Waals surface area (Å²) in [6, 6.07) is 2.59. The first-order chi connectivity index (χ1) is 10.1. The predicted octanol–water partition coefficient (Wildman–Crippen LogP) is 2.46. The summed E-state index contributed by atoms with van der Waals surface area (Å²) in [6.45, 7) is 4.70. The fourth-order valence-electron chi connectivity index (χ4n) is 2.39. The molecule has 0 saturated carbocycles.